The molecular formula is C10H18O9. The molecule has 0 aliphatic carbocycles. The van der Waals surface area contributed by atoms with E-state index in [2.05, 4.69) is 29.0 Å². The molecular weight excluding hydrogens is 264 g/mol. The zero-order valence-electron chi connectivity index (χ0n) is 11.7. The molecule has 0 bridgehead atoms. The van der Waals surface area contributed by atoms with Crippen LogP contribution in [-0.2, 0) is 33.8 Å². The molecule has 19 heavy (non-hydrogen) atoms. The average Bonchev–Trinajstić information content (AvgIpc) is 2.32. The number of methoxy groups -OCH3 is 2. The predicted molar refractivity (Wildman–Crippen MR) is 59.6 cm³/mol. The monoisotopic (exact) mass is 282 g/mol. The summed E-state index contributed by atoms with van der Waals surface area (Å²) < 4.78 is 8.12. The Hall–Kier alpha value is -2.03. The lowest BCUT2D eigenvalue weighted by atomic mass is 10.2. The lowest BCUT2D eigenvalue weighted by Gasteiger charge is -2.15. The minimum atomic E-state index is -1.05. The molecule has 0 unspecified atom stereocenters. The van der Waals surface area contributed by atoms with E-state index in [1.54, 1.807) is 20.8 Å². The highest BCUT2D eigenvalue weighted by molar-refractivity contribution is 5.67. The molecule has 0 aliphatic heterocycles. The van der Waals surface area contributed by atoms with E-state index in [9.17, 15) is 14.4 Å². The summed E-state index contributed by atoms with van der Waals surface area (Å²) in [7, 11) is 2.32. The molecule has 0 aliphatic rings. The lowest BCUT2D eigenvalue weighted by Crippen LogP contribution is -2.21. The zero-order valence-corrected chi connectivity index (χ0v) is 11.7. The molecule has 0 amide bonds. The summed E-state index contributed by atoms with van der Waals surface area (Å²) in [5.41, 5.74) is -0.492. The first-order valence-electron chi connectivity index (χ1n) is 4.99. The Morgan fingerprint density at radius 2 is 1.21 bits per heavy atom. The minimum absolute atomic E-state index is 0.492. The van der Waals surface area contributed by atoms with Crippen LogP contribution >= 0.6 is 0 Å². The Kier molecular flexibility index (Phi) is 10.1. The van der Waals surface area contributed by atoms with Crippen LogP contribution in [0, 0.1) is 0 Å². The topological polar surface area (TPSA) is 107 Å². The van der Waals surface area contributed by atoms with E-state index in [1.165, 1.54) is 7.11 Å². The van der Waals surface area contributed by atoms with Crippen LogP contribution in [0.5, 0.6) is 0 Å². The van der Waals surface area contributed by atoms with Gasteiger partial charge in [0.1, 0.15) is 5.60 Å². The Balaban J connectivity index is 0. The quantitative estimate of drug-likeness (QED) is 0.403. The van der Waals surface area contributed by atoms with E-state index in [1.807, 2.05) is 0 Å². The summed E-state index contributed by atoms with van der Waals surface area (Å²) in [6, 6.07) is 0. The van der Waals surface area contributed by atoms with Crippen molar-refractivity contribution >= 4 is 18.3 Å². The SMILES string of the molecule is COC(=O)OOC(C)(C)C.COC(=O)OOC(C)=O. The van der Waals surface area contributed by atoms with Crippen LogP contribution in [0.1, 0.15) is 27.7 Å². The van der Waals surface area contributed by atoms with Gasteiger partial charge in [0, 0.05) is 6.92 Å². The normalized spacial score (nSPS) is 9.37. The lowest BCUT2D eigenvalue weighted by molar-refractivity contribution is -0.310. The summed E-state index contributed by atoms with van der Waals surface area (Å²) in [5.74, 6) is -0.708. The van der Waals surface area contributed by atoms with Gasteiger partial charge >= 0.3 is 18.3 Å². The fourth-order valence-corrected chi connectivity index (χ4v) is 0.320. The molecule has 0 saturated heterocycles. The van der Waals surface area contributed by atoms with Gasteiger partial charge in [0.05, 0.1) is 14.2 Å². The summed E-state index contributed by atoms with van der Waals surface area (Å²) in [6.07, 6.45) is -1.89. The highest BCUT2D eigenvalue weighted by atomic mass is 17.2. The fourth-order valence-electron chi connectivity index (χ4n) is 0.320. The average molecular weight is 282 g/mol. The Bertz CT molecular complexity index is 292. The Labute approximate surface area is 110 Å². The summed E-state index contributed by atoms with van der Waals surface area (Å²) in [5, 5.41) is 0. The highest BCUT2D eigenvalue weighted by Crippen LogP contribution is 2.07. The maximum absolute atomic E-state index is 10.3. The van der Waals surface area contributed by atoms with E-state index in [4.69, 9.17) is 0 Å². The number of hydrogen-bond donors (Lipinski definition) is 0. The molecule has 0 heterocycles. The van der Waals surface area contributed by atoms with Crippen molar-refractivity contribution < 1.29 is 43.4 Å². The van der Waals surface area contributed by atoms with Gasteiger partial charge in [0.2, 0.25) is 0 Å². The molecule has 0 aromatic rings. The smallest absolute Gasteiger partial charge is 0.436 e. The molecule has 9 heteroatoms. The van der Waals surface area contributed by atoms with Gasteiger partial charge in [-0.05, 0) is 20.8 Å². The molecule has 0 fully saturated rings. The third-order valence-corrected chi connectivity index (χ3v) is 0.920. The Morgan fingerprint density at radius 3 is 1.53 bits per heavy atom. The van der Waals surface area contributed by atoms with Crippen LogP contribution in [0.2, 0.25) is 0 Å². The van der Waals surface area contributed by atoms with Gasteiger partial charge in [-0.15, -0.1) is 0 Å². The van der Waals surface area contributed by atoms with Crippen LogP contribution in [0.25, 0.3) is 0 Å². The summed E-state index contributed by atoms with van der Waals surface area (Å²) in [6.45, 7) is 6.38. The van der Waals surface area contributed by atoms with Crippen molar-refractivity contribution in [2.75, 3.05) is 14.2 Å². The molecule has 0 atom stereocenters. The first-order chi connectivity index (χ1) is 8.62. The van der Waals surface area contributed by atoms with Crippen molar-refractivity contribution in [3.8, 4) is 0 Å². The van der Waals surface area contributed by atoms with E-state index in [-0.39, 0.29) is 0 Å². The van der Waals surface area contributed by atoms with Crippen molar-refractivity contribution in [1.29, 1.82) is 0 Å². The largest absolute Gasteiger partial charge is 0.549 e. The molecule has 0 aromatic carbocycles. The van der Waals surface area contributed by atoms with Crippen molar-refractivity contribution in [3.63, 3.8) is 0 Å². The van der Waals surface area contributed by atoms with Crippen molar-refractivity contribution in [2.24, 2.45) is 0 Å². The first-order valence-corrected chi connectivity index (χ1v) is 4.99. The van der Waals surface area contributed by atoms with Crippen LogP contribution in [0.15, 0.2) is 0 Å². The van der Waals surface area contributed by atoms with Crippen molar-refractivity contribution in [1.82, 2.24) is 0 Å². The van der Waals surface area contributed by atoms with E-state index in [0.29, 0.717) is 0 Å². The second kappa shape index (κ2) is 9.95. The van der Waals surface area contributed by atoms with Crippen molar-refractivity contribution in [3.05, 3.63) is 0 Å². The number of carbonyl (C=O) groups excluding carboxylic acids is 3. The molecule has 0 spiro atoms. The van der Waals surface area contributed by atoms with Gasteiger partial charge < -0.3 is 9.47 Å². The van der Waals surface area contributed by atoms with Gasteiger partial charge in [-0.2, -0.15) is 9.68 Å². The predicted octanol–water partition coefficient (Wildman–Crippen LogP) is 1.75. The van der Waals surface area contributed by atoms with Crippen LogP contribution < -0.4 is 0 Å². The van der Waals surface area contributed by atoms with Crippen molar-refractivity contribution in [2.45, 2.75) is 33.3 Å². The third kappa shape index (κ3) is 18.5. The summed E-state index contributed by atoms with van der Waals surface area (Å²) in [4.78, 5) is 46.5. The molecule has 0 N–H and O–H groups in total. The van der Waals surface area contributed by atoms with E-state index < -0.39 is 23.9 Å². The maximum atomic E-state index is 10.3. The van der Waals surface area contributed by atoms with Gasteiger partial charge in [-0.1, -0.05) is 0 Å². The zero-order chi connectivity index (χ0) is 15.5. The highest BCUT2D eigenvalue weighted by Gasteiger charge is 2.14. The first kappa shape index (κ1) is 19.3. The number of hydrogen-bond acceptors (Lipinski definition) is 9. The van der Waals surface area contributed by atoms with Crippen LogP contribution in [0.3, 0.4) is 0 Å². The standard InChI is InChI=1S/C6H12O4.C4H6O5/c1-6(2,3)10-9-5(7)8-4;1-3(5)8-9-4(6)7-2/h1-4H3;1-2H3. The van der Waals surface area contributed by atoms with Gasteiger partial charge in [0.25, 0.3) is 0 Å². The fraction of sp³-hybridized carbons (Fsp3) is 0.700. The molecule has 112 valence electrons. The number of carbonyl (C=O) groups is 3. The van der Waals surface area contributed by atoms with E-state index >= 15 is 0 Å². The second-order valence-corrected chi connectivity index (χ2v) is 3.85. The maximum Gasteiger partial charge on any atom is 0.549 e. The van der Waals surface area contributed by atoms with Crippen LogP contribution in [-0.4, -0.2) is 38.1 Å². The molecule has 0 aromatic heterocycles. The number of rotatable bonds is 1. The molecule has 0 radical (unpaired) electrons. The molecule has 0 rings (SSSR count). The van der Waals surface area contributed by atoms with E-state index in [0.717, 1.165) is 14.0 Å². The van der Waals surface area contributed by atoms with Gasteiger partial charge in [-0.25, -0.2) is 19.4 Å². The Morgan fingerprint density at radius 1 is 0.789 bits per heavy atom. The third-order valence-electron chi connectivity index (χ3n) is 0.920. The van der Waals surface area contributed by atoms with Gasteiger partial charge in [-0.3, -0.25) is 4.89 Å². The molecule has 0 saturated carbocycles. The van der Waals surface area contributed by atoms with Crippen LogP contribution in [0.4, 0.5) is 9.59 Å². The summed E-state index contributed by atoms with van der Waals surface area (Å²) >= 11 is 0. The number of ether oxygens (including phenoxy) is 2. The minimum Gasteiger partial charge on any atom is -0.436 e. The van der Waals surface area contributed by atoms with Gasteiger partial charge in [0.15, 0.2) is 0 Å². The second-order valence-electron chi connectivity index (χ2n) is 3.85. The molecule has 9 nitrogen and oxygen atoms in total.